The third kappa shape index (κ3) is 3.03. The summed E-state index contributed by atoms with van der Waals surface area (Å²) < 4.78 is 5.80. The molecular formula is C15H15ClO2. The van der Waals surface area contributed by atoms with E-state index in [1.165, 1.54) is 0 Å². The van der Waals surface area contributed by atoms with Gasteiger partial charge in [0.2, 0.25) is 0 Å². The van der Waals surface area contributed by atoms with Crippen LogP contribution in [0.25, 0.3) is 0 Å². The van der Waals surface area contributed by atoms with E-state index in [4.69, 9.17) is 16.3 Å². The second-order valence-corrected chi connectivity index (χ2v) is 4.77. The van der Waals surface area contributed by atoms with Crippen LogP contribution in [0.5, 0.6) is 11.5 Å². The molecule has 0 aliphatic carbocycles. The number of aliphatic hydroxyl groups excluding tert-OH is 1. The Hall–Kier alpha value is -1.51. The first-order chi connectivity index (χ1) is 8.58. The maximum atomic E-state index is 9.27. The molecule has 2 rings (SSSR count). The van der Waals surface area contributed by atoms with Crippen molar-refractivity contribution in [1.29, 1.82) is 0 Å². The molecule has 0 radical (unpaired) electrons. The van der Waals surface area contributed by atoms with Gasteiger partial charge in [-0.25, -0.2) is 0 Å². The van der Waals surface area contributed by atoms with Gasteiger partial charge in [-0.05, 0) is 49.2 Å². The van der Waals surface area contributed by atoms with Gasteiger partial charge < -0.3 is 9.84 Å². The summed E-state index contributed by atoms with van der Waals surface area (Å²) in [6.45, 7) is 3.97. The Labute approximate surface area is 112 Å². The zero-order valence-electron chi connectivity index (χ0n) is 10.4. The largest absolute Gasteiger partial charge is 0.457 e. The first-order valence-corrected chi connectivity index (χ1v) is 6.12. The molecule has 0 saturated heterocycles. The predicted molar refractivity (Wildman–Crippen MR) is 73.4 cm³/mol. The number of hydrogen-bond acceptors (Lipinski definition) is 2. The van der Waals surface area contributed by atoms with Crippen LogP contribution in [0.2, 0.25) is 5.02 Å². The van der Waals surface area contributed by atoms with Gasteiger partial charge in [-0.15, -0.1) is 0 Å². The van der Waals surface area contributed by atoms with Crippen molar-refractivity contribution in [2.75, 3.05) is 0 Å². The molecule has 0 saturated carbocycles. The highest BCUT2D eigenvalue weighted by atomic mass is 35.5. The molecule has 1 N–H and O–H groups in total. The molecule has 3 heteroatoms. The number of halogens is 1. The first kappa shape index (κ1) is 12.9. The minimum absolute atomic E-state index is 0.0721. The average Bonchev–Trinajstić information content (AvgIpc) is 2.27. The molecule has 0 aliphatic heterocycles. The number of aryl methyl sites for hydroxylation is 2. The minimum atomic E-state index is -0.0721. The monoisotopic (exact) mass is 262 g/mol. The van der Waals surface area contributed by atoms with Crippen LogP contribution in [0.1, 0.15) is 16.7 Å². The minimum Gasteiger partial charge on any atom is -0.457 e. The second kappa shape index (κ2) is 5.42. The lowest BCUT2D eigenvalue weighted by atomic mass is 10.1. The van der Waals surface area contributed by atoms with Crippen LogP contribution in [0.15, 0.2) is 36.4 Å². The van der Waals surface area contributed by atoms with Crippen molar-refractivity contribution in [2.45, 2.75) is 20.5 Å². The van der Waals surface area contributed by atoms with Gasteiger partial charge in [0.25, 0.3) is 0 Å². The normalized spacial score (nSPS) is 10.4. The quantitative estimate of drug-likeness (QED) is 0.896. The molecule has 0 aliphatic rings. The summed E-state index contributed by atoms with van der Waals surface area (Å²) >= 11 is 5.94. The summed E-state index contributed by atoms with van der Waals surface area (Å²) in [6.07, 6.45) is 0. The Kier molecular flexibility index (Phi) is 3.90. The van der Waals surface area contributed by atoms with Crippen LogP contribution in [-0.2, 0) is 6.61 Å². The molecule has 2 aromatic carbocycles. The summed E-state index contributed by atoms with van der Waals surface area (Å²) in [6, 6.07) is 11.2. The van der Waals surface area contributed by atoms with Crippen molar-refractivity contribution >= 4 is 11.6 Å². The molecule has 94 valence electrons. The molecule has 2 aromatic rings. The van der Waals surface area contributed by atoms with Crippen LogP contribution < -0.4 is 4.74 Å². The molecule has 0 heterocycles. The highest BCUT2D eigenvalue weighted by molar-refractivity contribution is 6.30. The van der Waals surface area contributed by atoms with E-state index in [0.29, 0.717) is 10.8 Å². The maximum Gasteiger partial charge on any atom is 0.134 e. The molecule has 0 unspecified atom stereocenters. The van der Waals surface area contributed by atoms with E-state index in [-0.39, 0.29) is 6.61 Å². The molecule has 2 nitrogen and oxygen atoms in total. The predicted octanol–water partition coefficient (Wildman–Crippen LogP) is 4.24. The third-order valence-electron chi connectivity index (χ3n) is 2.62. The van der Waals surface area contributed by atoms with Crippen LogP contribution in [0.3, 0.4) is 0 Å². The van der Waals surface area contributed by atoms with Crippen LogP contribution in [0, 0.1) is 13.8 Å². The lowest BCUT2D eigenvalue weighted by Gasteiger charge is -2.11. The van der Waals surface area contributed by atoms with E-state index in [0.717, 1.165) is 22.4 Å². The topological polar surface area (TPSA) is 29.5 Å². The lowest BCUT2D eigenvalue weighted by Crippen LogP contribution is -1.92. The van der Waals surface area contributed by atoms with E-state index in [2.05, 4.69) is 6.07 Å². The molecule has 18 heavy (non-hydrogen) atoms. The van der Waals surface area contributed by atoms with Gasteiger partial charge in [-0.2, -0.15) is 0 Å². The van der Waals surface area contributed by atoms with Gasteiger partial charge in [0.1, 0.15) is 11.5 Å². The highest BCUT2D eigenvalue weighted by Crippen LogP contribution is 2.29. The van der Waals surface area contributed by atoms with E-state index in [1.54, 1.807) is 18.2 Å². The Morgan fingerprint density at radius 2 is 1.72 bits per heavy atom. The maximum absolute atomic E-state index is 9.27. The standard InChI is InChI=1S/C15H15ClO2/c1-10-5-11(2)7-14(6-10)18-15-8-13(16)4-3-12(15)9-17/h3-8,17H,9H2,1-2H3. The number of rotatable bonds is 3. The van der Waals surface area contributed by atoms with Gasteiger partial charge in [0, 0.05) is 10.6 Å². The second-order valence-electron chi connectivity index (χ2n) is 4.34. The van der Waals surface area contributed by atoms with E-state index in [1.807, 2.05) is 26.0 Å². The average molecular weight is 263 g/mol. The van der Waals surface area contributed by atoms with E-state index >= 15 is 0 Å². The van der Waals surface area contributed by atoms with Gasteiger partial charge in [0.15, 0.2) is 0 Å². The fourth-order valence-electron chi connectivity index (χ4n) is 1.87. The molecule has 0 aromatic heterocycles. The smallest absolute Gasteiger partial charge is 0.134 e. The number of ether oxygens (including phenoxy) is 1. The SMILES string of the molecule is Cc1cc(C)cc(Oc2cc(Cl)ccc2CO)c1. The molecular weight excluding hydrogens is 248 g/mol. The van der Waals surface area contributed by atoms with Crippen molar-refractivity contribution < 1.29 is 9.84 Å². The molecule has 0 fully saturated rings. The van der Waals surface area contributed by atoms with Crippen LogP contribution >= 0.6 is 11.6 Å². The van der Waals surface area contributed by atoms with Gasteiger partial charge in [-0.3, -0.25) is 0 Å². The Balaban J connectivity index is 2.35. The van der Waals surface area contributed by atoms with Gasteiger partial charge >= 0.3 is 0 Å². The molecule has 0 bridgehead atoms. The molecule has 0 atom stereocenters. The summed E-state index contributed by atoms with van der Waals surface area (Å²) in [5.41, 5.74) is 2.99. The fraction of sp³-hybridized carbons (Fsp3) is 0.200. The fourth-order valence-corrected chi connectivity index (χ4v) is 2.03. The van der Waals surface area contributed by atoms with Crippen molar-refractivity contribution in [3.8, 4) is 11.5 Å². The molecule has 0 spiro atoms. The van der Waals surface area contributed by atoms with Gasteiger partial charge in [0.05, 0.1) is 6.61 Å². The van der Waals surface area contributed by atoms with E-state index in [9.17, 15) is 5.11 Å². The summed E-state index contributed by atoms with van der Waals surface area (Å²) in [5.74, 6) is 1.35. The number of aliphatic hydroxyl groups is 1. The summed E-state index contributed by atoms with van der Waals surface area (Å²) in [4.78, 5) is 0. The zero-order chi connectivity index (χ0) is 13.1. The Morgan fingerprint density at radius 1 is 1.06 bits per heavy atom. The Morgan fingerprint density at radius 3 is 2.33 bits per heavy atom. The van der Waals surface area contributed by atoms with Crippen LogP contribution in [-0.4, -0.2) is 5.11 Å². The van der Waals surface area contributed by atoms with Crippen molar-refractivity contribution in [3.63, 3.8) is 0 Å². The molecule has 0 amide bonds. The number of benzene rings is 2. The zero-order valence-corrected chi connectivity index (χ0v) is 11.2. The third-order valence-corrected chi connectivity index (χ3v) is 2.86. The first-order valence-electron chi connectivity index (χ1n) is 5.74. The van der Waals surface area contributed by atoms with Crippen molar-refractivity contribution in [1.82, 2.24) is 0 Å². The van der Waals surface area contributed by atoms with Crippen LogP contribution in [0.4, 0.5) is 0 Å². The number of hydrogen-bond donors (Lipinski definition) is 1. The lowest BCUT2D eigenvalue weighted by molar-refractivity contribution is 0.276. The Bertz CT molecular complexity index is 544. The van der Waals surface area contributed by atoms with Crippen molar-refractivity contribution in [2.24, 2.45) is 0 Å². The summed E-state index contributed by atoms with van der Waals surface area (Å²) in [5, 5.41) is 9.86. The highest BCUT2D eigenvalue weighted by Gasteiger charge is 2.06. The van der Waals surface area contributed by atoms with Crippen molar-refractivity contribution in [3.05, 3.63) is 58.1 Å². The van der Waals surface area contributed by atoms with Gasteiger partial charge in [-0.1, -0.05) is 23.7 Å². The summed E-state index contributed by atoms with van der Waals surface area (Å²) in [7, 11) is 0. The van der Waals surface area contributed by atoms with E-state index < -0.39 is 0 Å².